The second-order valence-corrected chi connectivity index (χ2v) is 5.60. The number of hydrogen-bond donors (Lipinski definition) is 1. The molecule has 4 heteroatoms. The van der Waals surface area contributed by atoms with Crippen molar-refractivity contribution in [3.8, 4) is 5.75 Å². The largest absolute Gasteiger partial charge is 0.496 e. The quantitative estimate of drug-likeness (QED) is 0.845. The number of nitrogens with one attached hydrogen (secondary N) is 1. The maximum atomic E-state index is 13.5. The fourth-order valence-electron chi connectivity index (χ4n) is 2.03. The van der Waals surface area contributed by atoms with Crippen molar-refractivity contribution < 1.29 is 9.13 Å². The Morgan fingerprint density at radius 3 is 2.56 bits per heavy atom. The van der Waals surface area contributed by atoms with Crippen molar-refractivity contribution in [1.82, 2.24) is 5.32 Å². The van der Waals surface area contributed by atoms with Gasteiger partial charge in [-0.2, -0.15) is 0 Å². The van der Waals surface area contributed by atoms with Gasteiger partial charge < -0.3 is 10.1 Å². The highest BCUT2D eigenvalue weighted by molar-refractivity contribution is 9.10. The van der Waals surface area contributed by atoms with E-state index in [1.54, 1.807) is 7.11 Å². The number of halogens is 2. The first-order chi connectivity index (χ1) is 8.49. The van der Waals surface area contributed by atoms with Gasteiger partial charge in [0.2, 0.25) is 0 Å². The van der Waals surface area contributed by atoms with Crippen molar-refractivity contribution in [3.05, 3.63) is 28.0 Å². The summed E-state index contributed by atoms with van der Waals surface area (Å²) in [6, 6.07) is 3.43. The standard InChI is InChI=1S/C14H21BrFNO/c1-5-17-13(6-9(2)3)10-7-11(15)12(16)8-14(10)18-4/h7-9,13,17H,5-6H2,1-4H3. The zero-order valence-corrected chi connectivity index (χ0v) is 13.0. The van der Waals surface area contributed by atoms with E-state index in [9.17, 15) is 4.39 Å². The van der Waals surface area contributed by atoms with Crippen LogP contribution in [-0.2, 0) is 0 Å². The van der Waals surface area contributed by atoms with Crippen LogP contribution in [0.5, 0.6) is 5.75 Å². The topological polar surface area (TPSA) is 21.3 Å². The number of rotatable bonds is 6. The lowest BCUT2D eigenvalue weighted by Gasteiger charge is -2.23. The van der Waals surface area contributed by atoms with Crippen LogP contribution >= 0.6 is 15.9 Å². The second-order valence-electron chi connectivity index (χ2n) is 4.75. The van der Waals surface area contributed by atoms with Crippen molar-refractivity contribution in [1.29, 1.82) is 0 Å². The molecular formula is C14H21BrFNO. The smallest absolute Gasteiger partial charge is 0.141 e. The molecule has 0 fully saturated rings. The summed E-state index contributed by atoms with van der Waals surface area (Å²) in [5.74, 6) is 0.861. The number of benzene rings is 1. The first-order valence-corrected chi connectivity index (χ1v) is 7.05. The van der Waals surface area contributed by atoms with Crippen LogP contribution in [0, 0.1) is 11.7 Å². The molecule has 0 saturated heterocycles. The second kappa shape index (κ2) is 7.10. The highest BCUT2D eigenvalue weighted by Gasteiger charge is 2.18. The molecule has 0 aliphatic rings. The van der Waals surface area contributed by atoms with Gasteiger partial charge in [0.05, 0.1) is 11.6 Å². The van der Waals surface area contributed by atoms with Gasteiger partial charge in [-0.3, -0.25) is 0 Å². The monoisotopic (exact) mass is 317 g/mol. The molecule has 0 saturated carbocycles. The Hall–Kier alpha value is -0.610. The van der Waals surface area contributed by atoms with Crippen molar-refractivity contribution in [2.75, 3.05) is 13.7 Å². The molecule has 1 aromatic rings. The molecule has 0 aromatic heterocycles. The summed E-state index contributed by atoms with van der Waals surface area (Å²) >= 11 is 3.24. The van der Waals surface area contributed by atoms with Gasteiger partial charge in [0.25, 0.3) is 0 Å². The minimum atomic E-state index is -0.296. The van der Waals surface area contributed by atoms with Crippen LogP contribution in [0.3, 0.4) is 0 Å². The number of methoxy groups -OCH3 is 1. The van der Waals surface area contributed by atoms with Crippen molar-refractivity contribution in [3.63, 3.8) is 0 Å². The van der Waals surface area contributed by atoms with Gasteiger partial charge in [0, 0.05) is 17.7 Å². The van der Waals surface area contributed by atoms with E-state index in [1.165, 1.54) is 6.07 Å². The first-order valence-electron chi connectivity index (χ1n) is 6.25. The fraction of sp³-hybridized carbons (Fsp3) is 0.571. The van der Waals surface area contributed by atoms with Gasteiger partial charge in [-0.15, -0.1) is 0 Å². The summed E-state index contributed by atoms with van der Waals surface area (Å²) in [4.78, 5) is 0. The molecule has 0 heterocycles. The maximum absolute atomic E-state index is 13.5. The van der Waals surface area contributed by atoms with E-state index < -0.39 is 0 Å². The lowest BCUT2D eigenvalue weighted by Crippen LogP contribution is -2.23. The van der Waals surface area contributed by atoms with Crippen molar-refractivity contribution in [2.24, 2.45) is 5.92 Å². The minimum absolute atomic E-state index is 0.182. The highest BCUT2D eigenvalue weighted by atomic mass is 79.9. The molecule has 1 rings (SSSR count). The molecule has 0 amide bonds. The van der Waals surface area contributed by atoms with E-state index in [-0.39, 0.29) is 11.9 Å². The molecule has 1 atom stereocenters. The van der Waals surface area contributed by atoms with E-state index in [2.05, 4.69) is 42.0 Å². The van der Waals surface area contributed by atoms with Gasteiger partial charge in [0.15, 0.2) is 0 Å². The Morgan fingerprint density at radius 2 is 2.06 bits per heavy atom. The molecule has 1 unspecified atom stereocenters. The average Bonchev–Trinajstić information content (AvgIpc) is 2.31. The van der Waals surface area contributed by atoms with Gasteiger partial charge in [-0.05, 0) is 40.9 Å². The molecule has 0 aliphatic carbocycles. The summed E-state index contributed by atoms with van der Waals surface area (Å²) in [6.45, 7) is 7.29. The number of ether oxygens (including phenoxy) is 1. The van der Waals surface area contributed by atoms with Crippen LogP contribution in [-0.4, -0.2) is 13.7 Å². The van der Waals surface area contributed by atoms with E-state index in [4.69, 9.17) is 4.74 Å². The van der Waals surface area contributed by atoms with Crippen LogP contribution < -0.4 is 10.1 Å². The van der Waals surface area contributed by atoms with Gasteiger partial charge >= 0.3 is 0 Å². The van der Waals surface area contributed by atoms with Crippen LogP contribution in [0.2, 0.25) is 0 Å². The molecule has 2 nitrogen and oxygen atoms in total. The Balaban J connectivity index is 3.12. The third-order valence-corrected chi connectivity index (χ3v) is 3.41. The SMILES string of the molecule is CCNC(CC(C)C)c1cc(Br)c(F)cc1OC. The molecule has 0 bridgehead atoms. The average molecular weight is 318 g/mol. The molecule has 1 aromatic carbocycles. The molecular weight excluding hydrogens is 297 g/mol. The Bertz CT molecular complexity index is 396. The van der Waals surface area contributed by atoms with Crippen LogP contribution in [0.1, 0.15) is 38.8 Å². The minimum Gasteiger partial charge on any atom is -0.496 e. The predicted octanol–water partition coefficient (Wildman–Crippen LogP) is 4.29. The highest BCUT2D eigenvalue weighted by Crippen LogP contribution is 2.33. The number of hydrogen-bond acceptors (Lipinski definition) is 2. The lowest BCUT2D eigenvalue weighted by atomic mass is 9.96. The van der Waals surface area contributed by atoms with Crippen LogP contribution in [0.15, 0.2) is 16.6 Å². The molecule has 0 radical (unpaired) electrons. The normalized spacial score (nSPS) is 12.8. The summed E-state index contributed by atoms with van der Waals surface area (Å²) in [5.41, 5.74) is 1.00. The van der Waals surface area contributed by atoms with Crippen LogP contribution in [0.25, 0.3) is 0 Å². The zero-order valence-electron chi connectivity index (χ0n) is 11.4. The molecule has 1 N–H and O–H groups in total. The zero-order chi connectivity index (χ0) is 13.7. The van der Waals surface area contributed by atoms with Gasteiger partial charge in [0.1, 0.15) is 11.6 Å². The maximum Gasteiger partial charge on any atom is 0.141 e. The predicted molar refractivity (Wildman–Crippen MR) is 76.5 cm³/mol. The van der Waals surface area contributed by atoms with E-state index >= 15 is 0 Å². The summed E-state index contributed by atoms with van der Waals surface area (Å²) < 4.78 is 19.3. The van der Waals surface area contributed by atoms with E-state index in [0.29, 0.717) is 16.1 Å². The summed E-state index contributed by atoms with van der Waals surface area (Å²) in [5, 5.41) is 3.43. The summed E-state index contributed by atoms with van der Waals surface area (Å²) in [7, 11) is 1.57. The van der Waals surface area contributed by atoms with Crippen molar-refractivity contribution >= 4 is 15.9 Å². The van der Waals surface area contributed by atoms with E-state index in [1.807, 2.05) is 6.07 Å². The fourth-order valence-corrected chi connectivity index (χ4v) is 2.39. The van der Waals surface area contributed by atoms with Gasteiger partial charge in [-0.1, -0.05) is 20.8 Å². The summed E-state index contributed by atoms with van der Waals surface area (Å²) in [6.07, 6.45) is 0.988. The Kier molecular flexibility index (Phi) is 6.09. The lowest BCUT2D eigenvalue weighted by molar-refractivity contribution is 0.380. The molecule has 102 valence electrons. The van der Waals surface area contributed by atoms with Crippen molar-refractivity contribution in [2.45, 2.75) is 33.2 Å². The third-order valence-electron chi connectivity index (χ3n) is 2.81. The Morgan fingerprint density at radius 1 is 1.39 bits per heavy atom. The first kappa shape index (κ1) is 15.4. The molecule has 0 spiro atoms. The Labute approximate surface area is 117 Å². The third kappa shape index (κ3) is 3.95. The molecule has 0 aliphatic heterocycles. The van der Waals surface area contributed by atoms with Gasteiger partial charge in [-0.25, -0.2) is 4.39 Å². The molecule has 18 heavy (non-hydrogen) atoms. The van der Waals surface area contributed by atoms with Crippen LogP contribution in [0.4, 0.5) is 4.39 Å². The van der Waals surface area contributed by atoms with E-state index in [0.717, 1.165) is 18.5 Å².